The van der Waals surface area contributed by atoms with E-state index in [1.165, 1.54) is 6.20 Å². The molecule has 0 aliphatic carbocycles. The van der Waals surface area contributed by atoms with E-state index in [4.69, 9.17) is 4.74 Å². The average Bonchev–Trinajstić information content (AvgIpc) is 2.83. The number of esters is 1. The molecule has 4 aromatic rings. The topological polar surface area (TPSA) is 119 Å². The fourth-order valence-electron chi connectivity index (χ4n) is 3.06. The lowest BCUT2D eigenvalue weighted by molar-refractivity contribution is -0.153. The number of ether oxygens (including phenoxy) is 1. The Labute approximate surface area is 183 Å². The third-order valence-electron chi connectivity index (χ3n) is 4.71. The van der Waals surface area contributed by atoms with Crippen LogP contribution in [0.1, 0.15) is 11.3 Å². The Bertz CT molecular complexity index is 1290. The molecule has 0 unspecified atom stereocenters. The number of hydrogen-bond acceptors (Lipinski definition) is 8. The second-order valence-corrected chi connectivity index (χ2v) is 6.95. The van der Waals surface area contributed by atoms with Crippen molar-refractivity contribution in [1.82, 2.24) is 19.9 Å². The molecule has 3 aromatic heterocycles. The van der Waals surface area contributed by atoms with Crippen LogP contribution < -0.4 is 10.6 Å². The summed E-state index contributed by atoms with van der Waals surface area (Å²) < 4.78 is 5.07. The van der Waals surface area contributed by atoms with Gasteiger partial charge in [-0.15, -0.1) is 0 Å². The molecule has 0 bridgehead atoms. The zero-order valence-corrected chi connectivity index (χ0v) is 17.5. The van der Waals surface area contributed by atoms with Gasteiger partial charge < -0.3 is 15.4 Å². The van der Waals surface area contributed by atoms with Gasteiger partial charge in [0, 0.05) is 41.6 Å². The minimum atomic E-state index is -0.971. The Morgan fingerprint density at radius 2 is 1.81 bits per heavy atom. The summed E-state index contributed by atoms with van der Waals surface area (Å²) in [4.78, 5) is 41.6. The fraction of sp³-hybridized carbons (Fsp3) is 0.130. The maximum absolute atomic E-state index is 12.3. The number of nitrogens with one attached hydrogen (secondary N) is 2. The largest absolute Gasteiger partial charge is 0.454 e. The summed E-state index contributed by atoms with van der Waals surface area (Å²) in [5.41, 5.74) is 4.00. The predicted molar refractivity (Wildman–Crippen MR) is 120 cm³/mol. The minimum Gasteiger partial charge on any atom is -0.454 e. The monoisotopic (exact) mass is 428 g/mol. The van der Waals surface area contributed by atoms with Crippen LogP contribution in [0.15, 0.2) is 61.1 Å². The summed E-state index contributed by atoms with van der Waals surface area (Å²) in [6, 6.07) is 12.8. The number of aryl methyl sites for hydroxylation is 1. The first-order valence-corrected chi connectivity index (χ1v) is 9.83. The molecular formula is C23H20N6O3. The second-order valence-electron chi connectivity index (χ2n) is 6.95. The van der Waals surface area contributed by atoms with Crippen LogP contribution >= 0.6 is 0 Å². The summed E-state index contributed by atoms with van der Waals surface area (Å²) in [6.07, 6.45) is 4.85. The third kappa shape index (κ3) is 4.67. The van der Waals surface area contributed by atoms with Crippen LogP contribution in [0.3, 0.4) is 0 Å². The molecule has 0 radical (unpaired) electrons. The van der Waals surface area contributed by atoms with Crippen molar-refractivity contribution in [3.63, 3.8) is 0 Å². The molecule has 0 saturated heterocycles. The number of aromatic nitrogens is 4. The zero-order chi connectivity index (χ0) is 22.5. The first kappa shape index (κ1) is 20.9. The van der Waals surface area contributed by atoms with Gasteiger partial charge in [0.15, 0.2) is 5.65 Å². The van der Waals surface area contributed by atoms with Crippen LogP contribution in [0.25, 0.3) is 22.2 Å². The fourth-order valence-corrected chi connectivity index (χ4v) is 3.06. The number of carbonyl (C=O) groups excluding carboxylic acids is 2. The van der Waals surface area contributed by atoms with Crippen LogP contribution in [0.5, 0.6) is 0 Å². The highest BCUT2D eigenvalue weighted by atomic mass is 16.5. The lowest BCUT2D eigenvalue weighted by Crippen LogP contribution is -2.25. The van der Waals surface area contributed by atoms with Crippen molar-refractivity contribution in [2.45, 2.75) is 13.5 Å². The standard InChI is InChI=1S/C23H20N6O3/c1-14-19(16-8-17-11-27-23(24-2)29-20(17)26-10-16)9-18(12-25-14)28-21(30)22(31)32-13-15-6-4-3-5-7-15/h3-12H,13H2,1-2H3,(H,28,30)(H,24,26,27,29). The van der Waals surface area contributed by atoms with E-state index in [0.29, 0.717) is 17.3 Å². The molecule has 2 N–H and O–H groups in total. The van der Waals surface area contributed by atoms with Gasteiger partial charge in [0.05, 0.1) is 11.9 Å². The van der Waals surface area contributed by atoms with Crippen molar-refractivity contribution in [2.24, 2.45) is 0 Å². The Morgan fingerprint density at radius 1 is 1.00 bits per heavy atom. The SMILES string of the molecule is CNc1ncc2cc(-c3cc(NC(=O)C(=O)OCc4ccccc4)cnc3C)cnc2n1. The van der Waals surface area contributed by atoms with E-state index in [2.05, 4.69) is 30.6 Å². The molecule has 0 saturated carbocycles. The highest BCUT2D eigenvalue weighted by Crippen LogP contribution is 2.26. The summed E-state index contributed by atoms with van der Waals surface area (Å²) in [5, 5.41) is 6.18. The minimum absolute atomic E-state index is 0.0184. The summed E-state index contributed by atoms with van der Waals surface area (Å²) in [7, 11) is 1.74. The quantitative estimate of drug-likeness (QED) is 0.368. The van der Waals surface area contributed by atoms with Crippen molar-refractivity contribution in [2.75, 3.05) is 17.7 Å². The number of rotatable bonds is 5. The molecule has 0 spiro atoms. The normalized spacial score (nSPS) is 10.6. The maximum Gasteiger partial charge on any atom is 0.397 e. The van der Waals surface area contributed by atoms with Gasteiger partial charge in [0.25, 0.3) is 0 Å². The van der Waals surface area contributed by atoms with Crippen LogP contribution in [0.4, 0.5) is 11.6 Å². The lowest BCUT2D eigenvalue weighted by atomic mass is 10.1. The number of pyridine rings is 2. The first-order chi connectivity index (χ1) is 15.5. The average molecular weight is 428 g/mol. The van der Waals surface area contributed by atoms with Crippen molar-refractivity contribution in [3.8, 4) is 11.1 Å². The smallest absolute Gasteiger partial charge is 0.397 e. The van der Waals surface area contributed by atoms with Gasteiger partial charge in [-0.3, -0.25) is 9.78 Å². The number of benzene rings is 1. The molecule has 4 rings (SSSR count). The van der Waals surface area contributed by atoms with E-state index in [9.17, 15) is 9.59 Å². The highest BCUT2D eigenvalue weighted by Gasteiger charge is 2.17. The molecule has 3 heterocycles. The number of nitrogens with zero attached hydrogens (tertiary/aromatic N) is 4. The number of carbonyl (C=O) groups is 2. The van der Waals surface area contributed by atoms with Crippen LogP contribution in [0, 0.1) is 6.92 Å². The van der Waals surface area contributed by atoms with E-state index in [-0.39, 0.29) is 6.61 Å². The molecule has 160 valence electrons. The first-order valence-electron chi connectivity index (χ1n) is 9.83. The van der Waals surface area contributed by atoms with Crippen molar-refractivity contribution < 1.29 is 14.3 Å². The Morgan fingerprint density at radius 3 is 2.59 bits per heavy atom. The number of fused-ring (bicyclic) bond motifs is 1. The summed E-state index contributed by atoms with van der Waals surface area (Å²) in [6.45, 7) is 1.87. The molecule has 9 nitrogen and oxygen atoms in total. The maximum atomic E-state index is 12.3. The second kappa shape index (κ2) is 9.17. The highest BCUT2D eigenvalue weighted by molar-refractivity contribution is 6.37. The van der Waals surface area contributed by atoms with Gasteiger partial charge in [-0.2, -0.15) is 4.98 Å². The Balaban J connectivity index is 1.50. The Hall–Kier alpha value is -4.40. The molecule has 9 heteroatoms. The van der Waals surface area contributed by atoms with Gasteiger partial charge in [-0.05, 0) is 24.6 Å². The van der Waals surface area contributed by atoms with Crippen molar-refractivity contribution in [1.29, 1.82) is 0 Å². The molecule has 1 amide bonds. The molecule has 1 aromatic carbocycles. The molecular weight excluding hydrogens is 408 g/mol. The van der Waals surface area contributed by atoms with Gasteiger partial charge in [0.2, 0.25) is 5.95 Å². The van der Waals surface area contributed by atoms with E-state index < -0.39 is 11.9 Å². The van der Waals surface area contributed by atoms with E-state index in [0.717, 1.165) is 27.8 Å². The molecule has 32 heavy (non-hydrogen) atoms. The predicted octanol–water partition coefficient (Wildman–Crippen LogP) is 3.12. The van der Waals surface area contributed by atoms with Crippen LogP contribution in [-0.4, -0.2) is 38.9 Å². The van der Waals surface area contributed by atoms with Crippen LogP contribution in [0.2, 0.25) is 0 Å². The molecule has 0 fully saturated rings. The molecule has 0 atom stereocenters. The van der Waals surface area contributed by atoms with Gasteiger partial charge >= 0.3 is 11.9 Å². The van der Waals surface area contributed by atoms with Crippen molar-refractivity contribution >= 4 is 34.5 Å². The van der Waals surface area contributed by atoms with Crippen LogP contribution in [-0.2, 0) is 20.9 Å². The van der Waals surface area contributed by atoms with E-state index in [1.54, 1.807) is 25.5 Å². The van der Waals surface area contributed by atoms with Gasteiger partial charge in [-0.25, -0.2) is 14.8 Å². The molecule has 0 aliphatic heterocycles. The summed E-state index contributed by atoms with van der Waals surface area (Å²) >= 11 is 0. The molecule has 0 aliphatic rings. The third-order valence-corrected chi connectivity index (χ3v) is 4.71. The van der Waals surface area contributed by atoms with Gasteiger partial charge in [-0.1, -0.05) is 30.3 Å². The summed E-state index contributed by atoms with van der Waals surface area (Å²) in [5.74, 6) is -1.36. The van der Waals surface area contributed by atoms with Gasteiger partial charge in [0.1, 0.15) is 6.61 Å². The zero-order valence-electron chi connectivity index (χ0n) is 17.5. The number of hydrogen-bond donors (Lipinski definition) is 2. The van der Waals surface area contributed by atoms with Crippen molar-refractivity contribution in [3.05, 3.63) is 72.3 Å². The van der Waals surface area contributed by atoms with E-state index in [1.807, 2.05) is 43.3 Å². The number of amides is 1. The Kier molecular flexibility index (Phi) is 5.98. The lowest BCUT2D eigenvalue weighted by Gasteiger charge is -2.10. The number of anilines is 2. The van der Waals surface area contributed by atoms with E-state index >= 15 is 0 Å².